The minimum absolute atomic E-state index is 0. The van der Waals surface area contributed by atoms with Crippen LogP contribution in [0.2, 0.25) is 0 Å². The maximum Gasteiger partial charge on any atom is 1.00 e. The molecule has 0 atom stereocenters. The monoisotopic (exact) mass is 216 g/mol. The summed E-state index contributed by atoms with van der Waals surface area (Å²) in [6.45, 7) is 0. The maximum atomic E-state index is 8.41. The quantitative estimate of drug-likeness (QED) is 0.404. The zero-order valence-electron chi connectivity index (χ0n) is 2.60. The van der Waals surface area contributed by atoms with E-state index in [9.17, 15) is 0 Å². The van der Waals surface area contributed by atoms with Crippen LogP contribution in [0.25, 0.3) is 0 Å². The number of hydrogen-bond donors (Lipinski definition) is 0. The van der Waals surface area contributed by atoms with Crippen molar-refractivity contribution in [1.29, 1.82) is 0 Å². The molecule has 5 heteroatoms. The first-order valence-corrected chi connectivity index (χ1v) is 1.39. The molecule has 0 aliphatic carbocycles. The average molecular weight is 216 g/mol. The Hall–Kier alpha value is 2.22. The molecule has 0 aliphatic rings. The van der Waals surface area contributed by atoms with Gasteiger partial charge in [-0.25, -0.2) is 0 Å². The maximum absolute atomic E-state index is 8.41. The molecule has 0 aliphatic heterocycles. The predicted molar refractivity (Wildman–Crippen MR) is 0 cm³/mol. The van der Waals surface area contributed by atoms with Gasteiger partial charge in [-0.1, -0.05) is 0 Å². The van der Waals surface area contributed by atoms with Crippen molar-refractivity contribution in [2.24, 2.45) is 0 Å². The number of rotatable bonds is 0. The molecule has 0 radical (unpaired) electrons. The van der Waals surface area contributed by atoms with Gasteiger partial charge in [-0.2, -0.15) is 0 Å². The zero-order valence-corrected chi connectivity index (χ0v) is 9.64. The fraction of sp³-hybridized carbons (Fsp3) is 0. The van der Waals surface area contributed by atoms with Gasteiger partial charge in [0, 0.05) is 0 Å². The van der Waals surface area contributed by atoms with Crippen LogP contribution in [0.3, 0.4) is 0 Å². The summed E-state index contributed by atoms with van der Waals surface area (Å²) in [5, 5.41) is 0. The molecule has 0 rings (SSSR count). The molecule has 0 bridgehead atoms. The molecule has 5 heavy (non-hydrogen) atoms. The Bertz CT molecular complexity index is 11.6. The molecule has 0 aromatic rings. The molecule has 0 N–H and O–H groups in total. The molecule has 3 nitrogen and oxygen atoms in total. The molecule has 0 heterocycles. The van der Waals surface area contributed by atoms with Gasteiger partial charge in [-0.3, -0.25) is 0 Å². The molecule has 0 fully saturated rings. The van der Waals surface area contributed by atoms with Crippen molar-refractivity contribution in [2.75, 3.05) is 0 Å². The number of halogens is 1. The van der Waals surface area contributed by atoms with E-state index in [1.54, 1.807) is 0 Å². The van der Waals surface area contributed by atoms with E-state index in [-0.39, 0.29) is 68.9 Å². The Labute approximate surface area is 91.2 Å². The third kappa shape index (κ3) is 22.5. The fourth-order valence-electron chi connectivity index (χ4n) is 0. The van der Waals surface area contributed by atoms with E-state index >= 15 is 0 Å². The van der Waals surface area contributed by atoms with Crippen LogP contribution in [0.15, 0.2) is 0 Å². The molecule has 0 spiro atoms. The Morgan fingerprint density at radius 2 is 1.00 bits per heavy atom. The molecule has 0 saturated heterocycles. The van der Waals surface area contributed by atoms with Crippen LogP contribution in [0.5, 0.6) is 0 Å². The largest absolute Gasteiger partial charge is 1.00 e. The van der Waals surface area contributed by atoms with Gasteiger partial charge in [-0.15, -0.1) is 0 Å². The van der Waals surface area contributed by atoms with Gasteiger partial charge in [0.15, 0.2) is 0 Å². The summed E-state index contributed by atoms with van der Waals surface area (Å²) in [6, 6.07) is 0. The van der Waals surface area contributed by atoms with Gasteiger partial charge in [0.25, 0.3) is 0 Å². The number of hydrogen-bond acceptors (Lipinski definition) is 3. The summed E-state index contributed by atoms with van der Waals surface area (Å²) in [6.07, 6.45) is 0. The van der Waals surface area contributed by atoms with Gasteiger partial charge in [0.2, 0.25) is 0 Å². The minimum atomic E-state index is -2.85. The van der Waals surface area contributed by atoms with E-state index in [1.165, 1.54) is 0 Å². The first kappa shape index (κ1) is 10.3. The zero-order chi connectivity index (χ0) is 3.58. The average Bonchev–Trinajstić information content (AvgIpc) is 0.811. The van der Waals surface area contributed by atoms with Crippen LogP contribution in [-0.4, -0.2) is 0 Å². The van der Waals surface area contributed by atoms with Crippen LogP contribution in [0.1, 0.15) is 0 Å². The van der Waals surface area contributed by atoms with Gasteiger partial charge >= 0.3 is 68.9 Å². The molecule has 26 valence electrons. The third-order valence-electron chi connectivity index (χ3n) is 0. The van der Waals surface area contributed by atoms with Crippen LogP contribution >= 0.6 is 0 Å². The summed E-state index contributed by atoms with van der Waals surface area (Å²) in [5.41, 5.74) is 0. The first-order chi connectivity index (χ1) is 1.73. The van der Waals surface area contributed by atoms with E-state index in [0.29, 0.717) is 0 Å². The summed E-state index contributed by atoms with van der Waals surface area (Å²) < 4.78 is 25.2. The molecule has 0 aromatic heterocycles. The van der Waals surface area contributed by atoms with E-state index < -0.39 is 10.8 Å². The third-order valence-corrected chi connectivity index (χ3v) is 0. The van der Waals surface area contributed by atoms with Gasteiger partial charge in [0.05, 0.1) is 10.8 Å². The van der Waals surface area contributed by atoms with Crippen LogP contribution in [0.4, 0.5) is 0 Å². The summed E-state index contributed by atoms with van der Waals surface area (Å²) >= 11 is 0. The molecular formula is ClCsO3. The SMILES string of the molecule is [Cs+].[O-][Cl+2]([O-])[O-]. The normalized spacial score (nSPS) is 7.20. The Morgan fingerprint density at radius 1 is 1.00 bits per heavy atom. The van der Waals surface area contributed by atoms with Crippen molar-refractivity contribution in [3.63, 3.8) is 0 Å². The Kier molecular flexibility index (Phi) is 12.8. The van der Waals surface area contributed by atoms with Gasteiger partial charge in [0.1, 0.15) is 0 Å². The topological polar surface area (TPSA) is 69.2 Å². The van der Waals surface area contributed by atoms with E-state index in [2.05, 4.69) is 0 Å². The van der Waals surface area contributed by atoms with Gasteiger partial charge < -0.3 is 14.0 Å². The standard InChI is InChI=1S/ClO3.Cs/c2-1(3)4;/q-1;+1. The molecule has 0 amide bonds. The van der Waals surface area contributed by atoms with E-state index in [4.69, 9.17) is 14.0 Å². The van der Waals surface area contributed by atoms with E-state index in [0.717, 1.165) is 0 Å². The predicted octanol–water partition coefficient (Wildman–Crippen LogP) is -6.56. The Morgan fingerprint density at radius 3 is 1.00 bits per heavy atom. The van der Waals surface area contributed by atoms with Crippen molar-refractivity contribution in [3.05, 3.63) is 0 Å². The summed E-state index contributed by atoms with van der Waals surface area (Å²) in [4.78, 5) is 0. The van der Waals surface area contributed by atoms with E-state index in [1.807, 2.05) is 0 Å². The first-order valence-electron chi connectivity index (χ1n) is 0.463. The molecule has 0 saturated carbocycles. The minimum Gasteiger partial charge on any atom is -0.357 e. The molecule has 0 unspecified atom stereocenters. The fourth-order valence-corrected chi connectivity index (χ4v) is 0. The van der Waals surface area contributed by atoms with Crippen molar-refractivity contribution in [2.45, 2.75) is 0 Å². The summed E-state index contributed by atoms with van der Waals surface area (Å²) in [5.74, 6) is 0. The second-order valence-corrected chi connectivity index (χ2v) is 0.567. The van der Waals surface area contributed by atoms with Crippen LogP contribution < -0.4 is 82.9 Å². The van der Waals surface area contributed by atoms with Crippen LogP contribution in [0, 0.1) is 10.8 Å². The smallest absolute Gasteiger partial charge is 0.357 e. The van der Waals surface area contributed by atoms with Crippen molar-refractivity contribution < 1.29 is 93.7 Å². The Balaban J connectivity index is 0. The molecule has 0 aromatic carbocycles. The van der Waals surface area contributed by atoms with Crippen molar-refractivity contribution in [3.8, 4) is 0 Å². The van der Waals surface area contributed by atoms with Crippen LogP contribution in [-0.2, 0) is 0 Å². The molecular weight excluding hydrogens is 216 g/mol. The second kappa shape index (κ2) is 6.22. The second-order valence-electron chi connectivity index (χ2n) is 0.189. The van der Waals surface area contributed by atoms with Gasteiger partial charge in [-0.05, 0) is 0 Å². The van der Waals surface area contributed by atoms with Crippen molar-refractivity contribution in [1.82, 2.24) is 0 Å². The summed E-state index contributed by atoms with van der Waals surface area (Å²) in [7, 11) is -2.85. The van der Waals surface area contributed by atoms with Crippen molar-refractivity contribution >= 4 is 0 Å².